The van der Waals surface area contributed by atoms with E-state index in [0.717, 1.165) is 10.6 Å². The number of para-hydroxylation sites is 2. The summed E-state index contributed by atoms with van der Waals surface area (Å²) in [7, 11) is 0. The van der Waals surface area contributed by atoms with Gasteiger partial charge in [-0.15, -0.1) is 11.3 Å². The van der Waals surface area contributed by atoms with Gasteiger partial charge in [-0.05, 0) is 23.6 Å². The number of thiophene rings is 1. The second-order valence-electron chi connectivity index (χ2n) is 4.69. The lowest BCUT2D eigenvalue weighted by molar-refractivity contribution is -0.117. The van der Waals surface area contributed by atoms with Crippen molar-refractivity contribution in [2.75, 3.05) is 10.2 Å². The number of carbonyl (C=O) groups is 2. The van der Waals surface area contributed by atoms with Gasteiger partial charge >= 0.3 is 0 Å². The van der Waals surface area contributed by atoms with Gasteiger partial charge in [0.15, 0.2) is 0 Å². The van der Waals surface area contributed by atoms with E-state index in [1.54, 1.807) is 16.2 Å². The Morgan fingerprint density at radius 2 is 2.10 bits per heavy atom. The van der Waals surface area contributed by atoms with Crippen molar-refractivity contribution in [3.63, 3.8) is 0 Å². The molecule has 2 amide bonds. The number of fused-ring (bicyclic) bond motifs is 1. The molecule has 4 nitrogen and oxygen atoms in total. The van der Waals surface area contributed by atoms with Crippen molar-refractivity contribution in [1.29, 1.82) is 0 Å². The van der Waals surface area contributed by atoms with E-state index in [2.05, 4.69) is 5.32 Å². The first-order chi connectivity index (χ1) is 9.66. The van der Waals surface area contributed by atoms with Gasteiger partial charge in [-0.1, -0.05) is 18.2 Å². The molecule has 2 heterocycles. The number of anilines is 2. The third-order valence-electron chi connectivity index (χ3n) is 3.34. The number of hydrogen-bond acceptors (Lipinski definition) is 3. The molecule has 2 aromatic rings. The molecule has 0 aliphatic carbocycles. The van der Waals surface area contributed by atoms with Crippen molar-refractivity contribution in [3.8, 4) is 0 Å². The predicted octanol–water partition coefficient (Wildman–Crippen LogP) is 3.18. The normalized spacial score (nSPS) is 18.1. The van der Waals surface area contributed by atoms with Crippen LogP contribution < -0.4 is 10.2 Å². The summed E-state index contributed by atoms with van der Waals surface area (Å²) in [5.41, 5.74) is 1.44. The van der Waals surface area contributed by atoms with Gasteiger partial charge in [0.2, 0.25) is 11.8 Å². The maximum atomic E-state index is 12.1. The van der Waals surface area contributed by atoms with Crippen LogP contribution in [0.1, 0.15) is 24.3 Å². The molecule has 20 heavy (non-hydrogen) atoms. The minimum absolute atomic E-state index is 0.0626. The molecule has 0 fully saturated rings. The average Bonchev–Trinajstić information content (AvgIpc) is 2.88. The van der Waals surface area contributed by atoms with Crippen molar-refractivity contribution in [2.45, 2.75) is 19.4 Å². The Bertz CT molecular complexity index is 652. The van der Waals surface area contributed by atoms with E-state index in [4.69, 9.17) is 0 Å². The van der Waals surface area contributed by atoms with Gasteiger partial charge in [-0.2, -0.15) is 0 Å². The van der Waals surface area contributed by atoms with Gasteiger partial charge in [-0.3, -0.25) is 9.59 Å². The molecule has 1 atom stereocenters. The molecular weight excluding hydrogens is 272 g/mol. The number of nitrogens with zero attached hydrogens (tertiary/aromatic N) is 1. The van der Waals surface area contributed by atoms with E-state index in [-0.39, 0.29) is 24.3 Å². The third-order valence-corrected chi connectivity index (χ3v) is 4.31. The number of amides is 2. The van der Waals surface area contributed by atoms with Gasteiger partial charge in [0.05, 0.1) is 23.8 Å². The molecule has 102 valence electrons. The Balaban J connectivity index is 2.15. The van der Waals surface area contributed by atoms with Crippen LogP contribution >= 0.6 is 11.3 Å². The molecule has 1 aromatic heterocycles. The summed E-state index contributed by atoms with van der Waals surface area (Å²) in [4.78, 5) is 26.9. The van der Waals surface area contributed by atoms with Gasteiger partial charge in [0, 0.05) is 11.8 Å². The largest absolute Gasteiger partial charge is 0.324 e. The summed E-state index contributed by atoms with van der Waals surface area (Å²) in [5, 5.41) is 4.83. The second-order valence-corrected chi connectivity index (χ2v) is 5.67. The summed E-state index contributed by atoms with van der Waals surface area (Å²) in [6.07, 6.45) is 0.273. The Morgan fingerprint density at radius 1 is 1.30 bits per heavy atom. The SMILES string of the molecule is CC(=O)N1c2ccccc2NC(=O)C[C@H]1c1cccs1. The fourth-order valence-electron chi connectivity index (χ4n) is 2.52. The highest BCUT2D eigenvalue weighted by Crippen LogP contribution is 2.39. The Labute approximate surface area is 121 Å². The van der Waals surface area contributed by atoms with E-state index in [9.17, 15) is 9.59 Å². The maximum Gasteiger partial charge on any atom is 0.226 e. The van der Waals surface area contributed by atoms with Crippen LogP contribution in [0.25, 0.3) is 0 Å². The maximum absolute atomic E-state index is 12.1. The zero-order valence-electron chi connectivity index (χ0n) is 11.0. The van der Waals surface area contributed by atoms with Crippen molar-refractivity contribution in [2.24, 2.45) is 0 Å². The summed E-state index contributed by atoms with van der Waals surface area (Å²) in [5.74, 6) is -0.132. The monoisotopic (exact) mass is 286 g/mol. The zero-order valence-corrected chi connectivity index (χ0v) is 11.8. The molecule has 0 saturated heterocycles. The predicted molar refractivity (Wildman–Crippen MR) is 79.9 cm³/mol. The van der Waals surface area contributed by atoms with Crippen molar-refractivity contribution in [3.05, 3.63) is 46.7 Å². The highest BCUT2D eigenvalue weighted by atomic mass is 32.1. The van der Waals surface area contributed by atoms with Crippen LogP contribution in [0.2, 0.25) is 0 Å². The summed E-state index contributed by atoms with van der Waals surface area (Å²) < 4.78 is 0. The summed E-state index contributed by atoms with van der Waals surface area (Å²) in [6, 6.07) is 11.1. The first-order valence-corrected chi connectivity index (χ1v) is 7.27. The van der Waals surface area contributed by atoms with E-state index in [1.807, 2.05) is 41.8 Å². The standard InChI is InChI=1S/C15H14N2O2S/c1-10(18)17-12-6-3-2-5-11(12)16-15(19)9-13(17)14-7-4-8-20-14/h2-8,13H,9H2,1H3,(H,16,19)/t13-/m0/s1. The first kappa shape index (κ1) is 12.9. The lowest BCUT2D eigenvalue weighted by atomic mass is 10.1. The van der Waals surface area contributed by atoms with E-state index in [1.165, 1.54) is 6.92 Å². The Hall–Kier alpha value is -2.14. The second kappa shape index (κ2) is 5.09. The van der Waals surface area contributed by atoms with Crippen molar-refractivity contribution in [1.82, 2.24) is 0 Å². The molecule has 1 aromatic carbocycles. The quantitative estimate of drug-likeness (QED) is 0.875. The topological polar surface area (TPSA) is 49.4 Å². The molecule has 1 N–H and O–H groups in total. The van der Waals surface area contributed by atoms with Gasteiger partial charge in [-0.25, -0.2) is 0 Å². The van der Waals surface area contributed by atoms with E-state index in [0.29, 0.717) is 5.69 Å². The lowest BCUT2D eigenvalue weighted by Gasteiger charge is -2.28. The molecule has 0 spiro atoms. The van der Waals surface area contributed by atoms with Gasteiger partial charge in [0.25, 0.3) is 0 Å². The number of hydrogen-bond donors (Lipinski definition) is 1. The number of benzene rings is 1. The smallest absolute Gasteiger partial charge is 0.226 e. The number of carbonyl (C=O) groups excluding carboxylic acids is 2. The van der Waals surface area contributed by atoms with Crippen LogP contribution in [0.3, 0.4) is 0 Å². The highest BCUT2D eigenvalue weighted by molar-refractivity contribution is 7.10. The zero-order chi connectivity index (χ0) is 14.1. The molecule has 0 radical (unpaired) electrons. The molecule has 3 rings (SSSR count). The molecule has 1 aliphatic heterocycles. The molecule has 0 bridgehead atoms. The molecule has 0 saturated carbocycles. The summed E-state index contributed by atoms with van der Waals surface area (Å²) in [6.45, 7) is 1.53. The van der Waals surface area contributed by atoms with E-state index < -0.39 is 0 Å². The van der Waals surface area contributed by atoms with Crippen LogP contribution in [0, 0.1) is 0 Å². The average molecular weight is 286 g/mol. The highest BCUT2D eigenvalue weighted by Gasteiger charge is 2.32. The van der Waals surface area contributed by atoms with Crippen LogP contribution in [-0.4, -0.2) is 11.8 Å². The molecule has 5 heteroatoms. The van der Waals surface area contributed by atoms with Crippen LogP contribution in [-0.2, 0) is 9.59 Å². The van der Waals surface area contributed by atoms with Crippen molar-refractivity contribution < 1.29 is 9.59 Å². The van der Waals surface area contributed by atoms with Crippen LogP contribution in [0.5, 0.6) is 0 Å². The fourth-order valence-corrected chi connectivity index (χ4v) is 3.34. The first-order valence-electron chi connectivity index (χ1n) is 6.39. The van der Waals surface area contributed by atoms with Crippen LogP contribution in [0.4, 0.5) is 11.4 Å². The minimum atomic E-state index is -0.240. The minimum Gasteiger partial charge on any atom is -0.324 e. The number of rotatable bonds is 1. The molecule has 0 unspecified atom stereocenters. The van der Waals surface area contributed by atoms with Gasteiger partial charge < -0.3 is 10.2 Å². The van der Waals surface area contributed by atoms with Gasteiger partial charge in [0.1, 0.15) is 0 Å². The third kappa shape index (κ3) is 2.20. The molecular formula is C15H14N2O2S. The lowest BCUT2D eigenvalue weighted by Crippen LogP contribution is -2.32. The summed E-state index contributed by atoms with van der Waals surface area (Å²) >= 11 is 1.56. The molecule has 1 aliphatic rings. The number of nitrogens with one attached hydrogen (secondary N) is 1. The fraction of sp³-hybridized carbons (Fsp3) is 0.200. The van der Waals surface area contributed by atoms with E-state index >= 15 is 0 Å². The van der Waals surface area contributed by atoms with Crippen LogP contribution in [0.15, 0.2) is 41.8 Å². The Morgan fingerprint density at radius 3 is 2.80 bits per heavy atom. The Kier molecular flexibility index (Phi) is 3.28. The van der Waals surface area contributed by atoms with Crippen molar-refractivity contribution >= 4 is 34.5 Å².